The third-order valence-corrected chi connectivity index (χ3v) is 6.43. The predicted molar refractivity (Wildman–Crippen MR) is 82.2 cm³/mol. The van der Waals surface area contributed by atoms with Gasteiger partial charge in [0.2, 0.25) is 10.0 Å². The van der Waals surface area contributed by atoms with Crippen molar-refractivity contribution in [3.8, 4) is 0 Å². The summed E-state index contributed by atoms with van der Waals surface area (Å²) in [5.74, 6) is 0.563. The molecule has 2 unspecified atom stereocenters. The number of sulfonamides is 1. The molecule has 0 saturated heterocycles. The van der Waals surface area contributed by atoms with Crippen LogP contribution in [0.1, 0.15) is 32.6 Å². The lowest BCUT2D eigenvalue weighted by Crippen LogP contribution is -2.39. The van der Waals surface area contributed by atoms with Crippen molar-refractivity contribution in [1.82, 2.24) is 4.31 Å². The van der Waals surface area contributed by atoms with E-state index in [2.05, 4.69) is 6.92 Å². The summed E-state index contributed by atoms with van der Waals surface area (Å²) in [5, 5.41) is 0.181. The number of benzene rings is 1. The maximum atomic E-state index is 12.7. The highest BCUT2D eigenvalue weighted by atomic mass is 35.5. The highest BCUT2D eigenvalue weighted by molar-refractivity contribution is 7.89. The summed E-state index contributed by atoms with van der Waals surface area (Å²) in [6.07, 6.45) is 4.06. The van der Waals surface area contributed by atoms with E-state index in [4.69, 9.17) is 17.3 Å². The van der Waals surface area contributed by atoms with Crippen LogP contribution in [-0.4, -0.2) is 25.8 Å². The first kappa shape index (κ1) is 15.6. The molecule has 0 spiro atoms. The quantitative estimate of drug-likeness (QED) is 0.871. The standard InChI is InChI=1S/C14H21ClN2O2S/c1-10-4-3-5-12(8-10)17(2)20(18,19)14-7-6-11(16)9-13(14)15/h6-7,9-10,12H,3-5,8,16H2,1-2H3. The number of hydrogen-bond acceptors (Lipinski definition) is 3. The molecule has 1 aromatic carbocycles. The number of rotatable bonds is 3. The molecule has 1 saturated carbocycles. The number of nitrogens with zero attached hydrogens (tertiary/aromatic N) is 1. The smallest absolute Gasteiger partial charge is 0.244 e. The van der Waals surface area contributed by atoms with Crippen molar-refractivity contribution in [1.29, 1.82) is 0 Å². The molecule has 0 radical (unpaired) electrons. The van der Waals surface area contributed by atoms with Crippen LogP contribution in [0.15, 0.2) is 23.1 Å². The van der Waals surface area contributed by atoms with Gasteiger partial charge in [0.25, 0.3) is 0 Å². The van der Waals surface area contributed by atoms with Gasteiger partial charge in [0, 0.05) is 18.8 Å². The molecule has 0 aromatic heterocycles. The second-order valence-electron chi connectivity index (χ2n) is 5.64. The largest absolute Gasteiger partial charge is 0.399 e. The van der Waals surface area contributed by atoms with E-state index >= 15 is 0 Å². The average Bonchev–Trinajstić information content (AvgIpc) is 2.37. The highest BCUT2D eigenvalue weighted by Gasteiger charge is 2.32. The van der Waals surface area contributed by atoms with Gasteiger partial charge in [-0.2, -0.15) is 4.31 Å². The van der Waals surface area contributed by atoms with Crippen LogP contribution >= 0.6 is 11.6 Å². The van der Waals surface area contributed by atoms with Crippen LogP contribution in [-0.2, 0) is 10.0 Å². The lowest BCUT2D eigenvalue weighted by molar-refractivity contribution is 0.239. The fraction of sp³-hybridized carbons (Fsp3) is 0.571. The molecular formula is C14H21ClN2O2S. The third-order valence-electron chi connectivity index (χ3n) is 4.04. The monoisotopic (exact) mass is 316 g/mol. The zero-order chi connectivity index (χ0) is 14.9. The molecule has 112 valence electrons. The zero-order valence-corrected chi connectivity index (χ0v) is 13.4. The van der Waals surface area contributed by atoms with E-state index in [9.17, 15) is 8.42 Å². The number of nitrogen functional groups attached to an aromatic ring is 1. The van der Waals surface area contributed by atoms with Gasteiger partial charge in [0.1, 0.15) is 4.90 Å². The molecule has 1 aliphatic carbocycles. The molecule has 2 rings (SSSR count). The number of hydrogen-bond donors (Lipinski definition) is 1. The maximum absolute atomic E-state index is 12.7. The van der Waals surface area contributed by atoms with Gasteiger partial charge in [-0.25, -0.2) is 8.42 Å². The predicted octanol–water partition coefficient (Wildman–Crippen LogP) is 3.12. The first-order chi connectivity index (χ1) is 9.32. The van der Waals surface area contributed by atoms with E-state index in [0.29, 0.717) is 11.6 Å². The molecule has 0 bridgehead atoms. The van der Waals surface area contributed by atoms with Crippen LogP contribution < -0.4 is 5.73 Å². The van der Waals surface area contributed by atoms with Gasteiger partial charge in [-0.1, -0.05) is 31.4 Å². The molecule has 2 N–H and O–H groups in total. The Morgan fingerprint density at radius 1 is 1.35 bits per heavy atom. The molecule has 1 fully saturated rings. The van der Waals surface area contributed by atoms with Crippen LogP contribution in [0.3, 0.4) is 0 Å². The van der Waals surface area contributed by atoms with E-state index in [1.807, 2.05) is 0 Å². The Morgan fingerprint density at radius 3 is 2.65 bits per heavy atom. The molecule has 0 aliphatic heterocycles. The van der Waals surface area contributed by atoms with Crippen molar-refractivity contribution >= 4 is 27.3 Å². The highest BCUT2D eigenvalue weighted by Crippen LogP contribution is 2.32. The summed E-state index contributed by atoms with van der Waals surface area (Å²) >= 11 is 6.04. The Morgan fingerprint density at radius 2 is 2.05 bits per heavy atom. The molecule has 1 aromatic rings. The Balaban J connectivity index is 2.29. The second kappa shape index (κ2) is 5.92. The summed E-state index contributed by atoms with van der Waals surface area (Å²) in [7, 11) is -1.92. The van der Waals surface area contributed by atoms with Crippen LogP contribution in [0.4, 0.5) is 5.69 Å². The van der Waals surface area contributed by atoms with Crippen molar-refractivity contribution in [2.45, 2.75) is 43.5 Å². The fourth-order valence-corrected chi connectivity index (χ4v) is 4.73. The first-order valence-electron chi connectivity index (χ1n) is 6.85. The maximum Gasteiger partial charge on any atom is 0.244 e. The lowest BCUT2D eigenvalue weighted by atomic mass is 9.87. The van der Waals surface area contributed by atoms with Crippen molar-refractivity contribution < 1.29 is 8.42 Å². The number of halogens is 1. The first-order valence-corrected chi connectivity index (χ1v) is 8.67. The van der Waals surface area contributed by atoms with Crippen molar-refractivity contribution in [3.05, 3.63) is 23.2 Å². The zero-order valence-electron chi connectivity index (χ0n) is 11.8. The van der Waals surface area contributed by atoms with Gasteiger partial charge in [0.15, 0.2) is 0 Å². The number of anilines is 1. The van der Waals surface area contributed by atoms with Gasteiger partial charge in [0.05, 0.1) is 5.02 Å². The van der Waals surface area contributed by atoms with Crippen molar-refractivity contribution in [2.75, 3.05) is 12.8 Å². The molecule has 2 atom stereocenters. The molecule has 20 heavy (non-hydrogen) atoms. The molecule has 0 heterocycles. The van der Waals surface area contributed by atoms with E-state index in [1.165, 1.54) is 22.9 Å². The summed E-state index contributed by atoms with van der Waals surface area (Å²) in [6, 6.07) is 4.58. The minimum absolute atomic E-state index is 0.0531. The summed E-state index contributed by atoms with van der Waals surface area (Å²) in [5.41, 5.74) is 6.08. The SMILES string of the molecule is CC1CCCC(N(C)S(=O)(=O)c2ccc(N)cc2Cl)C1. The second-order valence-corrected chi connectivity index (χ2v) is 8.01. The van der Waals surface area contributed by atoms with Crippen LogP contribution in [0.25, 0.3) is 0 Å². The Kier molecular flexibility index (Phi) is 4.62. The van der Waals surface area contributed by atoms with Gasteiger partial charge in [-0.15, -0.1) is 0 Å². The summed E-state index contributed by atoms with van der Waals surface area (Å²) in [6.45, 7) is 2.17. The van der Waals surface area contributed by atoms with Gasteiger partial charge in [-0.05, 0) is 37.0 Å². The Labute approximate surface area is 126 Å². The third kappa shape index (κ3) is 3.10. The topological polar surface area (TPSA) is 63.4 Å². The van der Waals surface area contributed by atoms with Crippen LogP contribution in [0.2, 0.25) is 5.02 Å². The van der Waals surface area contributed by atoms with Crippen molar-refractivity contribution in [3.63, 3.8) is 0 Å². The minimum Gasteiger partial charge on any atom is -0.399 e. The fourth-order valence-electron chi connectivity index (χ4n) is 2.81. The van der Waals surface area contributed by atoms with Crippen LogP contribution in [0.5, 0.6) is 0 Å². The number of nitrogens with two attached hydrogens (primary N) is 1. The molecule has 4 nitrogen and oxygen atoms in total. The van der Waals surface area contributed by atoms with Gasteiger partial charge >= 0.3 is 0 Å². The summed E-state index contributed by atoms with van der Waals surface area (Å²) < 4.78 is 26.8. The lowest BCUT2D eigenvalue weighted by Gasteiger charge is -2.33. The molecule has 1 aliphatic rings. The van der Waals surface area contributed by atoms with E-state index < -0.39 is 10.0 Å². The van der Waals surface area contributed by atoms with E-state index in [-0.39, 0.29) is 16.0 Å². The average molecular weight is 317 g/mol. The molecule has 6 heteroatoms. The van der Waals surface area contributed by atoms with Gasteiger partial charge < -0.3 is 5.73 Å². The molecular weight excluding hydrogens is 296 g/mol. The molecule has 0 amide bonds. The van der Waals surface area contributed by atoms with E-state index in [1.54, 1.807) is 13.1 Å². The minimum atomic E-state index is -3.56. The van der Waals surface area contributed by atoms with Crippen LogP contribution in [0, 0.1) is 5.92 Å². The summed E-state index contributed by atoms with van der Waals surface area (Å²) in [4.78, 5) is 0.133. The Bertz CT molecular complexity index is 589. The van der Waals surface area contributed by atoms with Gasteiger partial charge in [-0.3, -0.25) is 0 Å². The Hall–Kier alpha value is -0.780. The van der Waals surface area contributed by atoms with E-state index in [0.717, 1.165) is 19.3 Å². The normalized spacial score (nSPS) is 24.0. The van der Waals surface area contributed by atoms with Crippen molar-refractivity contribution in [2.24, 2.45) is 5.92 Å².